The number of imidazole rings is 1. The molecule has 2 unspecified atom stereocenters. The van der Waals surface area contributed by atoms with Crippen LogP contribution in [0.4, 0.5) is 0 Å². The summed E-state index contributed by atoms with van der Waals surface area (Å²) in [5, 5.41) is -0.294. The van der Waals surface area contributed by atoms with Crippen LogP contribution in [0.25, 0.3) is 11.0 Å². The predicted molar refractivity (Wildman–Crippen MR) is 75.6 cm³/mol. The van der Waals surface area contributed by atoms with E-state index in [-0.39, 0.29) is 5.38 Å². The summed E-state index contributed by atoms with van der Waals surface area (Å²) in [5.74, 6) is 0.242. The number of primary amides is 1. The Morgan fingerprint density at radius 1 is 1.50 bits per heavy atom. The predicted octanol–water partition coefficient (Wildman–Crippen LogP) is 3.14. The second kappa shape index (κ2) is 4.90. The molecule has 6 heteroatoms. The number of fused-ring (bicyclic) bond motifs is 1. The van der Waals surface area contributed by atoms with Gasteiger partial charge < -0.3 is 10.3 Å². The van der Waals surface area contributed by atoms with Crippen LogP contribution in [0.3, 0.4) is 0 Å². The smallest absolute Gasteiger partial charge is 0.240 e. The van der Waals surface area contributed by atoms with Gasteiger partial charge in [-0.1, -0.05) is 15.9 Å². The number of carbonyl (C=O) groups is 1. The van der Waals surface area contributed by atoms with Crippen molar-refractivity contribution in [1.82, 2.24) is 9.55 Å². The van der Waals surface area contributed by atoms with E-state index in [4.69, 9.17) is 17.3 Å². The third-order valence-electron chi connectivity index (χ3n) is 2.83. The van der Waals surface area contributed by atoms with Crippen LogP contribution in [-0.4, -0.2) is 15.5 Å². The summed E-state index contributed by atoms with van der Waals surface area (Å²) in [6.45, 7) is 3.57. The lowest BCUT2D eigenvalue weighted by molar-refractivity contribution is -0.120. The summed E-state index contributed by atoms with van der Waals surface area (Å²) in [4.78, 5) is 15.9. The van der Waals surface area contributed by atoms with Gasteiger partial charge in [0.05, 0.1) is 16.4 Å². The number of amides is 1. The average Bonchev–Trinajstić information content (AvgIpc) is 2.66. The molecule has 0 aliphatic carbocycles. The van der Waals surface area contributed by atoms with Gasteiger partial charge in [0, 0.05) is 4.47 Å². The molecule has 1 aromatic heterocycles. The fourth-order valence-electron chi connectivity index (χ4n) is 1.91. The number of benzene rings is 1. The van der Waals surface area contributed by atoms with Crippen LogP contribution in [0.5, 0.6) is 0 Å². The highest BCUT2D eigenvalue weighted by atomic mass is 79.9. The summed E-state index contributed by atoms with van der Waals surface area (Å²) in [5.41, 5.74) is 7.02. The molecular weight excluding hydrogens is 318 g/mol. The van der Waals surface area contributed by atoms with E-state index >= 15 is 0 Å². The van der Waals surface area contributed by atoms with Crippen LogP contribution < -0.4 is 5.73 Å². The highest BCUT2D eigenvalue weighted by Gasteiger charge is 2.21. The van der Waals surface area contributed by atoms with Crippen LogP contribution in [0.2, 0.25) is 0 Å². The molecule has 0 aliphatic heterocycles. The Labute approximate surface area is 118 Å². The van der Waals surface area contributed by atoms with Gasteiger partial charge in [-0.15, -0.1) is 11.6 Å². The molecular formula is C12H13BrClN3O. The Bertz CT molecular complexity index is 609. The maximum Gasteiger partial charge on any atom is 0.240 e. The van der Waals surface area contributed by atoms with E-state index in [1.54, 1.807) is 11.5 Å². The number of carbonyl (C=O) groups excluding carboxylic acids is 1. The molecule has 96 valence electrons. The maximum atomic E-state index is 11.4. The van der Waals surface area contributed by atoms with Crippen molar-refractivity contribution in [2.45, 2.75) is 25.3 Å². The van der Waals surface area contributed by atoms with Crippen molar-refractivity contribution in [3.63, 3.8) is 0 Å². The molecule has 0 radical (unpaired) electrons. The molecule has 0 spiro atoms. The molecule has 0 aliphatic rings. The number of rotatable bonds is 3. The van der Waals surface area contributed by atoms with E-state index < -0.39 is 11.9 Å². The van der Waals surface area contributed by atoms with Gasteiger partial charge in [0.25, 0.3) is 0 Å². The van der Waals surface area contributed by atoms with Gasteiger partial charge in [-0.3, -0.25) is 4.79 Å². The molecule has 2 N–H and O–H groups in total. The lowest BCUT2D eigenvalue weighted by Crippen LogP contribution is -2.25. The minimum absolute atomic E-state index is 0.294. The molecule has 2 aromatic rings. The first-order valence-corrected chi connectivity index (χ1v) is 6.75. The quantitative estimate of drug-likeness (QED) is 0.879. The zero-order valence-electron chi connectivity index (χ0n) is 10.0. The number of halogens is 2. The van der Waals surface area contributed by atoms with Gasteiger partial charge >= 0.3 is 0 Å². The van der Waals surface area contributed by atoms with Gasteiger partial charge in [-0.25, -0.2) is 4.98 Å². The van der Waals surface area contributed by atoms with E-state index in [1.807, 2.05) is 25.1 Å². The van der Waals surface area contributed by atoms with E-state index in [1.165, 1.54) is 0 Å². The van der Waals surface area contributed by atoms with E-state index in [0.717, 1.165) is 15.5 Å². The van der Waals surface area contributed by atoms with Crippen molar-refractivity contribution in [3.05, 3.63) is 28.5 Å². The SMILES string of the molecule is CC(Cl)c1nc2cc(Br)ccc2n1C(C)C(N)=O. The van der Waals surface area contributed by atoms with Crippen molar-refractivity contribution < 1.29 is 4.79 Å². The standard InChI is InChI=1S/C12H13BrClN3O/c1-6(14)12-16-9-5-8(13)3-4-10(9)17(12)7(2)11(15)18/h3-7H,1-2H3,(H2,15,18). The summed E-state index contributed by atoms with van der Waals surface area (Å²) in [7, 11) is 0. The second-order valence-electron chi connectivity index (χ2n) is 4.17. The van der Waals surface area contributed by atoms with Gasteiger partial charge in [-0.2, -0.15) is 0 Å². The van der Waals surface area contributed by atoms with Crippen LogP contribution in [0.1, 0.15) is 31.1 Å². The Kier molecular flexibility index (Phi) is 3.64. The molecule has 18 heavy (non-hydrogen) atoms. The molecule has 0 saturated heterocycles. The van der Waals surface area contributed by atoms with Crippen LogP contribution in [-0.2, 0) is 4.79 Å². The topological polar surface area (TPSA) is 60.9 Å². The first-order valence-electron chi connectivity index (χ1n) is 5.52. The molecule has 1 heterocycles. The van der Waals surface area contributed by atoms with E-state index in [2.05, 4.69) is 20.9 Å². The Balaban J connectivity index is 2.74. The first kappa shape index (κ1) is 13.4. The zero-order valence-corrected chi connectivity index (χ0v) is 12.4. The Morgan fingerprint density at radius 3 is 2.72 bits per heavy atom. The van der Waals surface area contributed by atoms with E-state index in [0.29, 0.717) is 5.82 Å². The summed E-state index contributed by atoms with van der Waals surface area (Å²) < 4.78 is 2.72. The highest BCUT2D eigenvalue weighted by Crippen LogP contribution is 2.29. The third kappa shape index (κ3) is 2.24. The van der Waals surface area contributed by atoms with Gasteiger partial charge in [0.2, 0.25) is 5.91 Å². The fraction of sp³-hybridized carbons (Fsp3) is 0.333. The lowest BCUT2D eigenvalue weighted by Gasteiger charge is -2.15. The number of nitrogens with two attached hydrogens (primary N) is 1. The largest absolute Gasteiger partial charge is 0.368 e. The summed E-state index contributed by atoms with van der Waals surface area (Å²) in [6, 6.07) is 5.21. The normalized spacial score (nSPS) is 14.7. The van der Waals surface area contributed by atoms with Gasteiger partial charge in [-0.05, 0) is 32.0 Å². The number of hydrogen-bond donors (Lipinski definition) is 1. The number of aromatic nitrogens is 2. The molecule has 1 aromatic carbocycles. The number of nitrogens with zero attached hydrogens (tertiary/aromatic N) is 2. The minimum Gasteiger partial charge on any atom is -0.368 e. The highest BCUT2D eigenvalue weighted by molar-refractivity contribution is 9.10. The van der Waals surface area contributed by atoms with Crippen molar-refractivity contribution in [2.75, 3.05) is 0 Å². The average molecular weight is 331 g/mol. The fourth-order valence-corrected chi connectivity index (χ4v) is 2.41. The van der Waals surface area contributed by atoms with Crippen LogP contribution in [0, 0.1) is 0 Å². The number of hydrogen-bond acceptors (Lipinski definition) is 2. The minimum atomic E-state index is -0.479. The van der Waals surface area contributed by atoms with Crippen molar-refractivity contribution in [3.8, 4) is 0 Å². The Hall–Kier alpha value is -1.07. The Morgan fingerprint density at radius 2 is 2.17 bits per heavy atom. The summed E-state index contributed by atoms with van der Waals surface area (Å²) >= 11 is 9.52. The first-order chi connectivity index (χ1) is 8.41. The van der Waals surface area contributed by atoms with E-state index in [9.17, 15) is 4.79 Å². The third-order valence-corrected chi connectivity index (χ3v) is 3.52. The molecule has 1 amide bonds. The molecule has 2 rings (SSSR count). The molecule has 4 nitrogen and oxygen atoms in total. The molecule has 0 saturated carbocycles. The van der Waals surface area contributed by atoms with Crippen molar-refractivity contribution in [1.29, 1.82) is 0 Å². The molecule has 0 fully saturated rings. The lowest BCUT2D eigenvalue weighted by atomic mass is 10.2. The summed E-state index contributed by atoms with van der Waals surface area (Å²) in [6.07, 6.45) is 0. The van der Waals surface area contributed by atoms with Gasteiger partial charge in [0.15, 0.2) is 0 Å². The second-order valence-corrected chi connectivity index (χ2v) is 5.74. The van der Waals surface area contributed by atoms with Crippen LogP contribution in [0.15, 0.2) is 22.7 Å². The number of alkyl halides is 1. The molecule has 2 atom stereocenters. The maximum absolute atomic E-state index is 11.4. The zero-order chi connectivity index (χ0) is 13.4. The molecule has 0 bridgehead atoms. The van der Waals surface area contributed by atoms with Crippen molar-refractivity contribution in [2.24, 2.45) is 5.73 Å². The van der Waals surface area contributed by atoms with Crippen LogP contribution >= 0.6 is 27.5 Å². The van der Waals surface area contributed by atoms with Crippen molar-refractivity contribution >= 4 is 44.5 Å². The van der Waals surface area contributed by atoms with Gasteiger partial charge in [0.1, 0.15) is 11.9 Å². The monoisotopic (exact) mass is 329 g/mol.